The van der Waals surface area contributed by atoms with E-state index in [9.17, 15) is 13.6 Å². The van der Waals surface area contributed by atoms with Gasteiger partial charge >= 0.3 is 5.97 Å². The van der Waals surface area contributed by atoms with Crippen LogP contribution in [0.5, 0.6) is 0 Å². The fraction of sp³-hybridized carbons (Fsp3) is 0.125. The second kappa shape index (κ2) is 7.13. The molecule has 8 nitrogen and oxygen atoms in total. The molecule has 0 saturated carbocycles. The van der Waals surface area contributed by atoms with Crippen LogP contribution in [0.15, 0.2) is 36.8 Å². The molecule has 1 aromatic carbocycles. The summed E-state index contributed by atoms with van der Waals surface area (Å²) in [6.45, 7) is -0.207. The molecule has 0 aliphatic heterocycles. The Hall–Kier alpha value is -3.56. The number of hydrogen-bond acceptors (Lipinski definition) is 6. The number of aromatic carboxylic acids is 1. The molecular weight excluding hydrogens is 346 g/mol. The summed E-state index contributed by atoms with van der Waals surface area (Å²) in [6, 6.07) is 3.09. The summed E-state index contributed by atoms with van der Waals surface area (Å²) in [6.07, 6.45) is 4.81. The van der Waals surface area contributed by atoms with Crippen LogP contribution < -0.4 is 10.6 Å². The van der Waals surface area contributed by atoms with Crippen LogP contribution in [0, 0.1) is 11.6 Å². The molecule has 0 bridgehead atoms. The first-order chi connectivity index (χ1) is 12.4. The van der Waals surface area contributed by atoms with Crippen LogP contribution in [0.25, 0.3) is 0 Å². The Kier molecular flexibility index (Phi) is 4.74. The first-order valence-electron chi connectivity index (χ1n) is 7.46. The quantitative estimate of drug-likeness (QED) is 0.620. The number of aryl methyl sites for hydroxylation is 1. The smallest absolute Gasteiger partial charge is 0.335 e. The van der Waals surface area contributed by atoms with Crippen molar-refractivity contribution in [2.24, 2.45) is 7.05 Å². The molecule has 3 rings (SSSR count). The van der Waals surface area contributed by atoms with Gasteiger partial charge in [-0.05, 0) is 18.2 Å². The summed E-state index contributed by atoms with van der Waals surface area (Å²) < 4.78 is 29.5. The third-order valence-electron chi connectivity index (χ3n) is 3.45. The summed E-state index contributed by atoms with van der Waals surface area (Å²) in [5.41, 5.74) is -0.0462. The average molecular weight is 360 g/mol. The first kappa shape index (κ1) is 17.3. The van der Waals surface area contributed by atoms with Crippen LogP contribution in [0.2, 0.25) is 0 Å². The van der Waals surface area contributed by atoms with Crippen molar-refractivity contribution >= 4 is 23.4 Å². The van der Waals surface area contributed by atoms with Gasteiger partial charge in [0.1, 0.15) is 17.5 Å². The van der Waals surface area contributed by atoms with E-state index in [1.807, 2.05) is 0 Å². The lowest BCUT2D eigenvalue weighted by molar-refractivity contribution is 0.0695. The van der Waals surface area contributed by atoms with Crippen molar-refractivity contribution in [2.75, 3.05) is 10.6 Å². The molecule has 134 valence electrons. The highest BCUT2D eigenvalue weighted by atomic mass is 19.1. The van der Waals surface area contributed by atoms with Crippen molar-refractivity contribution in [3.8, 4) is 0 Å². The minimum atomic E-state index is -1.40. The van der Waals surface area contributed by atoms with Crippen LogP contribution in [-0.2, 0) is 13.6 Å². The zero-order valence-corrected chi connectivity index (χ0v) is 13.6. The Labute approximate surface area is 146 Å². The summed E-state index contributed by atoms with van der Waals surface area (Å²) in [4.78, 5) is 19.0. The molecule has 3 aromatic rings. The van der Waals surface area contributed by atoms with E-state index in [0.717, 1.165) is 12.1 Å². The lowest BCUT2D eigenvalue weighted by Gasteiger charge is -2.10. The van der Waals surface area contributed by atoms with Crippen LogP contribution in [0.1, 0.15) is 15.9 Å². The summed E-state index contributed by atoms with van der Waals surface area (Å²) in [5.74, 6) is -2.67. The van der Waals surface area contributed by atoms with Gasteiger partial charge in [0, 0.05) is 31.5 Å². The number of nitrogens with zero attached hydrogens (tertiary/aromatic N) is 4. The maximum Gasteiger partial charge on any atom is 0.335 e. The number of carbonyl (C=O) groups is 1. The Morgan fingerprint density at radius 3 is 2.65 bits per heavy atom. The summed E-state index contributed by atoms with van der Waals surface area (Å²) in [5, 5.41) is 18.5. The van der Waals surface area contributed by atoms with Crippen LogP contribution in [0.3, 0.4) is 0 Å². The van der Waals surface area contributed by atoms with E-state index in [0.29, 0.717) is 11.5 Å². The van der Waals surface area contributed by atoms with Crippen molar-refractivity contribution in [1.82, 2.24) is 19.7 Å². The standard InChI is InChI=1S/C16H14F2N6O2/c1-24-8-10(6-21-24)22-16-19-3-2-14(23-16)20-7-11-12(17)4-9(15(25)26)5-13(11)18/h2-6,8H,7H2,1H3,(H,25,26)(H2,19,20,22,23). The van der Waals surface area contributed by atoms with Crippen molar-refractivity contribution in [2.45, 2.75) is 6.54 Å². The van der Waals surface area contributed by atoms with E-state index in [1.165, 1.54) is 12.3 Å². The lowest BCUT2D eigenvalue weighted by atomic mass is 10.1. The molecule has 0 atom stereocenters. The Bertz CT molecular complexity index is 936. The predicted octanol–water partition coefficient (Wildman–Crippen LogP) is 2.54. The number of benzene rings is 1. The molecule has 0 spiro atoms. The highest BCUT2D eigenvalue weighted by Gasteiger charge is 2.14. The maximum absolute atomic E-state index is 13.9. The lowest BCUT2D eigenvalue weighted by Crippen LogP contribution is -2.09. The molecular formula is C16H14F2N6O2. The fourth-order valence-corrected chi connectivity index (χ4v) is 2.21. The van der Waals surface area contributed by atoms with E-state index in [4.69, 9.17) is 5.11 Å². The number of carboxylic acids is 1. The Balaban J connectivity index is 1.72. The molecule has 0 aliphatic rings. The largest absolute Gasteiger partial charge is 0.478 e. The molecule has 0 amide bonds. The molecule has 3 N–H and O–H groups in total. The molecule has 0 saturated heterocycles. The molecule has 0 aliphatic carbocycles. The van der Waals surface area contributed by atoms with E-state index in [-0.39, 0.29) is 18.1 Å². The van der Waals surface area contributed by atoms with E-state index in [1.54, 1.807) is 24.1 Å². The minimum absolute atomic E-state index is 0.207. The highest BCUT2D eigenvalue weighted by molar-refractivity contribution is 5.87. The second-order valence-electron chi connectivity index (χ2n) is 5.37. The van der Waals surface area contributed by atoms with Crippen molar-refractivity contribution in [3.63, 3.8) is 0 Å². The number of rotatable bonds is 6. The van der Waals surface area contributed by atoms with Gasteiger partial charge in [0.2, 0.25) is 5.95 Å². The predicted molar refractivity (Wildman–Crippen MR) is 89.2 cm³/mol. The Morgan fingerprint density at radius 1 is 1.31 bits per heavy atom. The summed E-state index contributed by atoms with van der Waals surface area (Å²) in [7, 11) is 1.77. The normalized spacial score (nSPS) is 10.6. The van der Waals surface area contributed by atoms with Crippen LogP contribution in [0.4, 0.5) is 26.2 Å². The number of hydrogen-bond donors (Lipinski definition) is 3. The zero-order valence-electron chi connectivity index (χ0n) is 13.6. The van der Waals surface area contributed by atoms with Gasteiger partial charge in [0.15, 0.2) is 0 Å². The number of nitrogens with one attached hydrogen (secondary N) is 2. The van der Waals surface area contributed by atoms with Crippen LogP contribution >= 0.6 is 0 Å². The van der Waals surface area contributed by atoms with Gasteiger partial charge in [-0.15, -0.1) is 0 Å². The number of halogens is 2. The SMILES string of the molecule is Cn1cc(Nc2nccc(NCc3c(F)cc(C(=O)O)cc3F)n2)cn1. The monoisotopic (exact) mass is 360 g/mol. The van der Waals surface area contributed by atoms with Crippen molar-refractivity contribution in [1.29, 1.82) is 0 Å². The average Bonchev–Trinajstić information content (AvgIpc) is 2.99. The third kappa shape index (κ3) is 3.91. The van der Waals surface area contributed by atoms with Gasteiger partial charge in [0.05, 0.1) is 17.4 Å². The topological polar surface area (TPSA) is 105 Å². The van der Waals surface area contributed by atoms with Gasteiger partial charge in [-0.1, -0.05) is 0 Å². The zero-order chi connectivity index (χ0) is 18.7. The van der Waals surface area contributed by atoms with Crippen molar-refractivity contribution < 1.29 is 18.7 Å². The van der Waals surface area contributed by atoms with E-state index >= 15 is 0 Å². The number of aromatic nitrogens is 4. The molecule has 26 heavy (non-hydrogen) atoms. The van der Waals surface area contributed by atoms with Crippen molar-refractivity contribution in [3.05, 3.63) is 59.6 Å². The minimum Gasteiger partial charge on any atom is -0.478 e. The van der Waals surface area contributed by atoms with Gasteiger partial charge in [-0.3, -0.25) is 4.68 Å². The van der Waals surface area contributed by atoms with Gasteiger partial charge in [-0.2, -0.15) is 10.1 Å². The molecule has 2 heterocycles. The molecule has 0 radical (unpaired) electrons. The number of anilines is 3. The molecule has 2 aromatic heterocycles. The first-order valence-corrected chi connectivity index (χ1v) is 7.46. The summed E-state index contributed by atoms with van der Waals surface area (Å²) >= 11 is 0. The number of carboxylic acid groups (broad SMARTS) is 1. The highest BCUT2D eigenvalue weighted by Crippen LogP contribution is 2.18. The second-order valence-corrected chi connectivity index (χ2v) is 5.37. The molecule has 0 unspecified atom stereocenters. The molecule has 10 heteroatoms. The third-order valence-corrected chi connectivity index (χ3v) is 3.45. The van der Waals surface area contributed by atoms with Gasteiger partial charge < -0.3 is 15.7 Å². The van der Waals surface area contributed by atoms with Gasteiger partial charge in [0.25, 0.3) is 0 Å². The van der Waals surface area contributed by atoms with E-state index in [2.05, 4.69) is 25.7 Å². The van der Waals surface area contributed by atoms with E-state index < -0.39 is 23.2 Å². The van der Waals surface area contributed by atoms with Gasteiger partial charge in [-0.25, -0.2) is 18.6 Å². The maximum atomic E-state index is 13.9. The fourth-order valence-electron chi connectivity index (χ4n) is 2.21. The molecule has 0 fully saturated rings. The Morgan fingerprint density at radius 2 is 2.04 bits per heavy atom. The van der Waals surface area contributed by atoms with Crippen LogP contribution in [-0.4, -0.2) is 30.8 Å².